The number of piperidine rings is 1. The lowest BCUT2D eigenvalue weighted by Gasteiger charge is -2.32. The highest BCUT2D eigenvalue weighted by atomic mass is 16.5. The van der Waals surface area contributed by atoms with Gasteiger partial charge >= 0.3 is 0 Å². The Morgan fingerprint density at radius 1 is 1.00 bits per heavy atom. The fourth-order valence-corrected chi connectivity index (χ4v) is 3.37. The molecule has 0 aliphatic carbocycles. The SMILES string of the molecule is COc1cccc(OC)c1C(=O)N1CCC(COc2ccc(C)cc2)CC1. The van der Waals surface area contributed by atoms with Crippen LogP contribution < -0.4 is 14.2 Å². The molecule has 0 bridgehead atoms. The average molecular weight is 369 g/mol. The zero-order valence-corrected chi connectivity index (χ0v) is 16.2. The molecule has 2 aromatic carbocycles. The Balaban J connectivity index is 1.57. The van der Waals surface area contributed by atoms with Gasteiger partial charge in [0.1, 0.15) is 22.8 Å². The molecule has 3 rings (SSSR count). The summed E-state index contributed by atoms with van der Waals surface area (Å²) in [5.74, 6) is 2.41. The Hall–Kier alpha value is -2.69. The first-order valence-corrected chi connectivity index (χ1v) is 9.32. The van der Waals surface area contributed by atoms with E-state index in [1.807, 2.05) is 23.1 Å². The molecule has 144 valence electrons. The summed E-state index contributed by atoms with van der Waals surface area (Å²) in [6, 6.07) is 13.5. The van der Waals surface area contributed by atoms with Crippen LogP contribution in [0.2, 0.25) is 0 Å². The maximum absolute atomic E-state index is 13.0. The van der Waals surface area contributed by atoms with Crippen LogP contribution in [0.4, 0.5) is 0 Å². The highest BCUT2D eigenvalue weighted by molar-refractivity contribution is 5.99. The van der Waals surface area contributed by atoms with E-state index in [0.29, 0.717) is 42.7 Å². The summed E-state index contributed by atoms with van der Waals surface area (Å²) in [5.41, 5.74) is 1.72. The summed E-state index contributed by atoms with van der Waals surface area (Å²) in [5, 5.41) is 0. The van der Waals surface area contributed by atoms with Crippen molar-refractivity contribution < 1.29 is 19.0 Å². The van der Waals surface area contributed by atoms with Gasteiger partial charge in [-0.15, -0.1) is 0 Å². The van der Waals surface area contributed by atoms with Gasteiger partial charge in [0.2, 0.25) is 0 Å². The van der Waals surface area contributed by atoms with E-state index in [0.717, 1.165) is 18.6 Å². The predicted molar refractivity (Wildman–Crippen MR) is 105 cm³/mol. The van der Waals surface area contributed by atoms with E-state index in [1.165, 1.54) is 5.56 Å². The molecule has 1 aliphatic heterocycles. The van der Waals surface area contributed by atoms with Crippen LogP contribution in [0.15, 0.2) is 42.5 Å². The number of aryl methyl sites for hydroxylation is 1. The molecule has 1 aliphatic rings. The van der Waals surface area contributed by atoms with Crippen molar-refractivity contribution in [1.82, 2.24) is 4.90 Å². The smallest absolute Gasteiger partial charge is 0.261 e. The number of nitrogens with zero attached hydrogens (tertiary/aromatic N) is 1. The van der Waals surface area contributed by atoms with Gasteiger partial charge in [-0.25, -0.2) is 0 Å². The van der Waals surface area contributed by atoms with Gasteiger partial charge in [-0.2, -0.15) is 0 Å². The zero-order valence-electron chi connectivity index (χ0n) is 16.2. The first-order chi connectivity index (χ1) is 13.1. The average Bonchev–Trinajstić information content (AvgIpc) is 2.72. The summed E-state index contributed by atoms with van der Waals surface area (Å²) in [6.07, 6.45) is 1.85. The lowest BCUT2D eigenvalue weighted by atomic mass is 9.97. The standard InChI is InChI=1S/C22H27NO4/c1-16-7-9-18(10-8-16)27-15-17-11-13-23(14-12-17)22(24)21-19(25-2)5-4-6-20(21)26-3/h4-10,17H,11-15H2,1-3H3. The number of rotatable bonds is 6. The van der Waals surface area contributed by atoms with Crippen molar-refractivity contribution in [3.8, 4) is 17.2 Å². The molecule has 27 heavy (non-hydrogen) atoms. The van der Waals surface area contributed by atoms with E-state index in [1.54, 1.807) is 26.4 Å². The largest absolute Gasteiger partial charge is 0.496 e. The van der Waals surface area contributed by atoms with E-state index < -0.39 is 0 Å². The molecule has 0 radical (unpaired) electrons. The number of likely N-dealkylation sites (tertiary alicyclic amines) is 1. The minimum atomic E-state index is -0.0396. The van der Waals surface area contributed by atoms with Crippen molar-refractivity contribution >= 4 is 5.91 Å². The predicted octanol–water partition coefficient (Wildman–Crippen LogP) is 3.94. The number of methoxy groups -OCH3 is 2. The van der Waals surface area contributed by atoms with Crippen molar-refractivity contribution in [3.63, 3.8) is 0 Å². The highest BCUT2D eigenvalue weighted by Gasteiger charge is 2.28. The van der Waals surface area contributed by atoms with E-state index >= 15 is 0 Å². The van der Waals surface area contributed by atoms with Crippen LogP contribution in [0.3, 0.4) is 0 Å². The van der Waals surface area contributed by atoms with Gasteiger partial charge in [0.05, 0.1) is 20.8 Å². The molecular weight excluding hydrogens is 342 g/mol. The first-order valence-electron chi connectivity index (χ1n) is 9.32. The minimum absolute atomic E-state index is 0.0396. The van der Waals surface area contributed by atoms with Crippen LogP contribution in [0.5, 0.6) is 17.2 Å². The van der Waals surface area contributed by atoms with Crippen LogP contribution >= 0.6 is 0 Å². The maximum atomic E-state index is 13.0. The number of ether oxygens (including phenoxy) is 3. The van der Waals surface area contributed by atoms with Gasteiger partial charge in [0, 0.05) is 13.1 Å². The van der Waals surface area contributed by atoms with Crippen LogP contribution in [0.25, 0.3) is 0 Å². The third kappa shape index (κ3) is 4.54. The molecule has 0 aromatic heterocycles. The molecular formula is C22H27NO4. The van der Waals surface area contributed by atoms with Crippen LogP contribution in [0, 0.1) is 12.8 Å². The highest BCUT2D eigenvalue weighted by Crippen LogP contribution is 2.31. The van der Waals surface area contributed by atoms with Crippen molar-refractivity contribution in [2.75, 3.05) is 33.9 Å². The zero-order chi connectivity index (χ0) is 19.2. The number of amides is 1. The molecule has 1 saturated heterocycles. The van der Waals surface area contributed by atoms with E-state index in [2.05, 4.69) is 19.1 Å². The molecule has 5 nitrogen and oxygen atoms in total. The Morgan fingerprint density at radius 2 is 1.59 bits per heavy atom. The number of carbonyl (C=O) groups is 1. The minimum Gasteiger partial charge on any atom is -0.496 e. The molecule has 0 spiro atoms. The fraction of sp³-hybridized carbons (Fsp3) is 0.409. The second-order valence-electron chi connectivity index (χ2n) is 6.90. The van der Waals surface area contributed by atoms with Crippen LogP contribution in [-0.2, 0) is 0 Å². The van der Waals surface area contributed by atoms with Crippen molar-refractivity contribution in [3.05, 3.63) is 53.6 Å². The molecule has 1 heterocycles. The first kappa shape index (κ1) is 19.1. The number of hydrogen-bond acceptors (Lipinski definition) is 4. The third-order valence-corrected chi connectivity index (χ3v) is 5.05. The Bertz CT molecular complexity index is 742. The molecule has 5 heteroatoms. The lowest BCUT2D eigenvalue weighted by Crippen LogP contribution is -2.40. The van der Waals surface area contributed by atoms with Crippen molar-refractivity contribution in [2.24, 2.45) is 5.92 Å². The van der Waals surface area contributed by atoms with Gasteiger partial charge in [0.15, 0.2) is 0 Å². The maximum Gasteiger partial charge on any atom is 0.261 e. The van der Waals surface area contributed by atoms with Crippen molar-refractivity contribution in [1.29, 1.82) is 0 Å². The topological polar surface area (TPSA) is 48.0 Å². The normalized spacial score (nSPS) is 14.7. The molecule has 0 atom stereocenters. The second kappa shape index (κ2) is 8.80. The number of carbonyl (C=O) groups excluding carboxylic acids is 1. The fourth-order valence-electron chi connectivity index (χ4n) is 3.37. The number of hydrogen-bond donors (Lipinski definition) is 0. The summed E-state index contributed by atoms with van der Waals surface area (Å²) in [7, 11) is 3.14. The molecule has 1 fully saturated rings. The van der Waals surface area contributed by atoms with E-state index in [9.17, 15) is 4.79 Å². The van der Waals surface area contributed by atoms with Crippen LogP contribution in [-0.4, -0.2) is 44.7 Å². The molecule has 0 N–H and O–H groups in total. The van der Waals surface area contributed by atoms with E-state index in [4.69, 9.17) is 14.2 Å². The monoisotopic (exact) mass is 369 g/mol. The Labute approximate surface area is 160 Å². The summed E-state index contributed by atoms with van der Waals surface area (Å²) in [4.78, 5) is 14.9. The van der Waals surface area contributed by atoms with Crippen LogP contribution in [0.1, 0.15) is 28.8 Å². The van der Waals surface area contributed by atoms with Crippen molar-refractivity contribution in [2.45, 2.75) is 19.8 Å². The van der Waals surface area contributed by atoms with Gasteiger partial charge in [-0.05, 0) is 49.9 Å². The Morgan fingerprint density at radius 3 is 2.15 bits per heavy atom. The molecule has 0 unspecified atom stereocenters. The van der Waals surface area contributed by atoms with Gasteiger partial charge < -0.3 is 19.1 Å². The molecule has 2 aromatic rings. The van der Waals surface area contributed by atoms with Gasteiger partial charge in [0.25, 0.3) is 5.91 Å². The van der Waals surface area contributed by atoms with Gasteiger partial charge in [-0.1, -0.05) is 23.8 Å². The quantitative estimate of drug-likeness (QED) is 0.774. The second-order valence-corrected chi connectivity index (χ2v) is 6.90. The molecule has 1 amide bonds. The summed E-state index contributed by atoms with van der Waals surface area (Å²) < 4.78 is 16.6. The summed E-state index contributed by atoms with van der Waals surface area (Å²) in [6.45, 7) is 4.17. The Kier molecular flexibility index (Phi) is 6.22. The van der Waals surface area contributed by atoms with E-state index in [-0.39, 0.29) is 5.91 Å². The third-order valence-electron chi connectivity index (χ3n) is 5.05. The number of benzene rings is 2. The molecule has 0 saturated carbocycles. The summed E-state index contributed by atoms with van der Waals surface area (Å²) >= 11 is 0. The lowest BCUT2D eigenvalue weighted by molar-refractivity contribution is 0.0654. The van der Waals surface area contributed by atoms with Gasteiger partial charge in [-0.3, -0.25) is 4.79 Å².